The van der Waals surface area contributed by atoms with Crippen molar-refractivity contribution in [1.29, 1.82) is 0 Å². The van der Waals surface area contributed by atoms with E-state index in [2.05, 4.69) is 9.89 Å². The van der Waals surface area contributed by atoms with Gasteiger partial charge in [-0.15, -0.1) is 0 Å². The Morgan fingerprint density at radius 1 is 1.30 bits per heavy atom. The van der Waals surface area contributed by atoms with Gasteiger partial charge in [0.1, 0.15) is 11.4 Å². The Morgan fingerprint density at radius 3 is 2.52 bits per heavy atom. The lowest BCUT2D eigenvalue weighted by molar-refractivity contribution is -0.107. The Balaban J connectivity index is 2.43. The molecule has 1 N–H and O–H groups in total. The van der Waals surface area contributed by atoms with Crippen LogP contribution in [0.1, 0.15) is 26.7 Å². The van der Waals surface area contributed by atoms with Crippen LogP contribution in [0.25, 0.3) is 0 Å². The second-order valence-electron chi connectivity index (χ2n) is 5.91. The van der Waals surface area contributed by atoms with E-state index in [-0.39, 0.29) is 5.75 Å². The van der Waals surface area contributed by atoms with Gasteiger partial charge in [-0.05, 0) is 32.8 Å². The number of anilines is 2. The number of phenolic OH excluding ortho intramolecular Hbond substituents is 1. The van der Waals surface area contributed by atoms with Crippen LogP contribution in [0.2, 0.25) is 0 Å². The van der Waals surface area contributed by atoms with Crippen LogP contribution in [0.15, 0.2) is 17.1 Å². The number of carbonyl (C=O) groups is 1. The predicted molar refractivity (Wildman–Crippen MR) is 93.3 cm³/mol. The van der Waals surface area contributed by atoms with E-state index in [0.717, 1.165) is 50.5 Å². The molecule has 6 heteroatoms. The summed E-state index contributed by atoms with van der Waals surface area (Å²) in [5.41, 5.74) is 2.82. The first-order valence-corrected chi connectivity index (χ1v) is 7.92. The number of amides is 1. The third kappa shape index (κ3) is 4.45. The Hall–Kier alpha value is -2.08. The summed E-state index contributed by atoms with van der Waals surface area (Å²) in [6, 6.07) is 3.65. The van der Waals surface area contributed by atoms with Crippen LogP contribution < -0.4 is 9.80 Å². The van der Waals surface area contributed by atoms with Gasteiger partial charge in [-0.25, -0.2) is 0 Å². The summed E-state index contributed by atoms with van der Waals surface area (Å²) in [5, 5.41) is 10.4. The molecule has 1 aromatic rings. The van der Waals surface area contributed by atoms with Crippen molar-refractivity contribution in [1.82, 2.24) is 0 Å². The highest BCUT2D eigenvalue weighted by Crippen LogP contribution is 2.40. The molecule has 1 heterocycles. The molecule has 0 bridgehead atoms. The highest BCUT2D eigenvalue weighted by atomic mass is 16.5. The molecule has 0 aliphatic carbocycles. The number of aromatic hydroxyl groups is 1. The normalized spacial score (nSPS) is 15.5. The zero-order chi connectivity index (χ0) is 16.8. The van der Waals surface area contributed by atoms with Crippen molar-refractivity contribution in [3.8, 4) is 5.75 Å². The van der Waals surface area contributed by atoms with Gasteiger partial charge < -0.3 is 19.6 Å². The first kappa shape index (κ1) is 17.3. The number of hydrogen-bond acceptors (Lipinski definition) is 5. The van der Waals surface area contributed by atoms with Gasteiger partial charge in [-0.1, -0.05) is 0 Å². The number of nitrogens with zero attached hydrogens (tertiary/aromatic N) is 3. The summed E-state index contributed by atoms with van der Waals surface area (Å²) in [5.74, 6) is 0.0652. The lowest BCUT2D eigenvalue weighted by Crippen LogP contribution is -2.29. The lowest BCUT2D eigenvalue weighted by atomic mass is 10.1. The summed E-state index contributed by atoms with van der Waals surface area (Å²) >= 11 is 0. The van der Waals surface area contributed by atoms with E-state index in [1.165, 1.54) is 4.90 Å². The van der Waals surface area contributed by atoms with Crippen LogP contribution in [0.4, 0.5) is 17.1 Å². The maximum atomic E-state index is 11.1. The monoisotopic (exact) mass is 319 g/mol. The average molecular weight is 319 g/mol. The van der Waals surface area contributed by atoms with Crippen molar-refractivity contribution in [2.45, 2.75) is 26.7 Å². The van der Waals surface area contributed by atoms with Gasteiger partial charge in [0.15, 0.2) is 0 Å². The Bertz CT molecular complexity index is 575. The molecular weight excluding hydrogens is 294 g/mol. The van der Waals surface area contributed by atoms with E-state index in [0.29, 0.717) is 17.8 Å². The molecular formula is C17H25N3O3. The zero-order valence-corrected chi connectivity index (χ0v) is 14.1. The van der Waals surface area contributed by atoms with Crippen molar-refractivity contribution < 1.29 is 14.6 Å². The molecule has 0 unspecified atom stereocenters. The smallest absolute Gasteiger partial charge is 0.214 e. The Morgan fingerprint density at radius 2 is 1.96 bits per heavy atom. The fourth-order valence-corrected chi connectivity index (χ4v) is 2.70. The number of carbonyl (C=O) groups excluding carboxylic acids is 1. The first-order valence-electron chi connectivity index (χ1n) is 7.92. The zero-order valence-electron chi connectivity index (χ0n) is 14.1. The van der Waals surface area contributed by atoms with Crippen molar-refractivity contribution >= 4 is 29.2 Å². The number of rotatable bonds is 4. The summed E-state index contributed by atoms with van der Waals surface area (Å²) in [6.45, 7) is 7.04. The lowest BCUT2D eigenvalue weighted by Gasteiger charge is -2.28. The van der Waals surface area contributed by atoms with E-state index in [1.54, 1.807) is 13.1 Å². The summed E-state index contributed by atoms with van der Waals surface area (Å²) in [6.07, 6.45) is 2.57. The number of hydrogen-bond donors (Lipinski definition) is 1. The Labute approximate surface area is 137 Å². The standard InChI is InChI=1S/C17H25N3O3/c1-13(2)18-15-10-14(11-16(22)17(15)19(3)12-21)20-6-4-8-23-9-5-7-20/h10-12,22H,4-9H2,1-3H3. The summed E-state index contributed by atoms with van der Waals surface area (Å²) in [4.78, 5) is 19.2. The second-order valence-corrected chi connectivity index (χ2v) is 5.91. The molecule has 1 saturated heterocycles. The SMILES string of the molecule is CC(C)=Nc1cc(N2CCCOCCC2)cc(O)c1N(C)C=O. The van der Waals surface area contributed by atoms with Crippen LogP contribution in [0, 0.1) is 0 Å². The van der Waals surface area contributed by atoms with Gasteiger partial charge in [0.2, 0.25) is 6.41 Å². The topological polar surface area (TPSA) is 65.4 Å². The quantitative estimate of drug-likeness (QED) is 0.684. The van der Waals surface area contributed by atoms with E-state index < -0.39 is 0 Å². The van der Waals surface area contributed by atoms with Gasteiger partial charge in [0.05, 0.1) is 5.69 Å². The maximum absolute atomic E-state index is 11.1. The van der Waals surface area contributed by atoms with E-state index >= 15 is 0 Å². The van der Waals surface area contributed by atoms with Gasteiger partial charge in [-0.2, -0.15) is 0 Å². The van der Waals surface area contributed by atoms with E-state index in [1.807, 2.05) is 19.9 Å². The number of aliphatic imine (C=N–C) groups is 1. The third-order valence-electron chi connectivity index (χ3n) is 3.71. The summed E-state index contributed by atoms with van der Waals surface area (Å²) < 4.78 is 5.48. The molecule has 2 rings (SSSR count). The fraction of sp³-hybridized carbons (Fsp3) is 0.529. The minimum atomic E-state index is 0.0652. The van der Waals surface area contributed by atoms with Crippen LogP contribution in [-0.4, -0.2) is 50.6 Å². The van der Waals surface area contributed by atoms with Crippen molar-refractivity contribution in [2.24, 2.45) is 4.99 Å². The van der Waals surface area contributed by atoms with Crippen molar-refractivity contribution in [2.75, 3.05) is 43.2 Å². The van der Waals surface area contributed by atoms with Crippen molar-refractivity contribution in [3.05, 3.63) is 12.1 Å². The van der Waals surface area contributed by atoms with E-state index in [9.17, 15) is 9.90 Å². The minimum Gasteiger partial charge on any atom is -0.506 e. The number of benzene rings is 1. The molecule has 126 valence electrons. The maximum Gasteiger partial charge on any atom is 0.214 e. The molecule has 6 nitrogen and oxygen atoms in total. The van der Waals surface area contributed by atoms with Gasteiger partial charge in [0.25, 0.3) is 0 Å². The van der Waals surface area contributed by atoms with E-state index in [4.69, 9.17) is 4.74 Å². The molecule has 1 amide bonds. The Kier molecular flexibility index (Phi) is 5.98. The molecule has 0 saturated carbocycles. The van der Waals surface area contributed by atoms with Gasteiger partial charge >= 0.3 is 0 Å². The van der Waals surface area contributed by atoms with Gasteiger partial charge in [0, 0.05) is 50.8 Å². The summed E-state index contributed by atoms with van der Waals surface area (Å²) in [7, 11) is 1.61. The van der Waals surface area contributed by atoms with Crippen LogP contribution >= 0.6 is 0 Å². The first-order chi connectivity index (χ1) is 11.0. The van der Waals surface area contributed by atoms with Crippen molar-refractivity contribution in [3.63, 3.8) is 0 Å². The predicted octanol–water partition coefficient (Wildman–Crippen LogP) is 2.71. The largest absolute Gasteiger partial charge is 0.506 e. The number of phenols is 1. The average Bonchev–Trinajstić information content (AvgIpc) is 2.45. The molecule has 1 fully saturated rings. The highest BCUT2D eigenvalue weighted by molar-refractivity contribution is 5.92. The molecule has 0 atom stereocenters. The van der Waals surface area contributed by atoms with Crippen LogP contribution in [0.3, 0.4) is 0 Å². The molecule has 0 radical (unpaired) electrons. The third-order valence-corrected chi connectivity index (χ3v) is 3.71. The van der Waals surface area contributed by atoms with Crippen LogP contribution in [-0.2, 0) is 9.53 Å². The molecule has 1 aliphatic rings. The molecule has 1 aliphatic heterocycles. The highest BCUT2D eigenvalue weighted by Gasteiger charge is 2.17. The number of ether oxygens (including phenoxy) is 1. The van der Waals surface area contributed by atoms with Crippen LogP contribution in [0.5, 0.6) is 5.75 Å². The molecule has 23 heavy (non-hydrogen) atoms. The molecule has 0 spiro atoms. The molecule has 0 aromatic heterocycles. The fourth-order valence-electron chi connectivity index (χ4n) is 2.70. The second kappa shape index (κ2) is 7.97. The minimum absolute atomic E-state index is 0.0652. The van der Waals surface area contributed by atoms with Gasteiger partial charge in [-0.3, -0.25) is 9.79 Å². The molecule has 1 aromatic carbocycles.